The molecule has 3 heterocycles. The Balaban J connectivity index is 1.18. The van der Waals surface area contributed by atoms with Gasteiger partial charge in [0.25, 0.3) is 11.8 Å². The Bertz CT molecular complexity index is 3120. The first-order valence-corrected chi connectivity index (χ1v) is 34.6. The molecule has 27 heteroatoms. The third-order valence-electron chi connectivity index (χ3n) is 18.1. The zero-order chi connectivity index (χ0) is 71.6. The molecule has 0 bridgehead atoms. The maximum Gasteiger partial charge on any atom is 0.410 e. The van der Waals surface area contributed by atoms with Gasteiger partial charge in [-0.05, 0) is 91.9 Å². The van der Waals surface area contributed by atoms with E-state index in [1.165, 1.54) is 42.5 Å². The Kier molecular flexibility index (Phi) is 32.1. The summed E-state index contributed by atoms with van der Waals surface area (Å²) in [5.41, 5.74) is 7.17. The van der Waals surface area contributed by atoms with E-state index in [0.717, 1.165) is 15.5 Å². The fourth-order valence-corrected chi connectivity index (χ4v) is 13.1. The van der Waals surface area contributed by atoms with Crippen molar-refractivity contribution in [2.24, 2.45) is 35.3 Å². The van der Waals surface area contributed by atoms with Crippen LogP contribution < -0.4 is 37.6 Å². The molecule has 1 fully saturated rings. The zero-order valence-corrected chi connectivity index (χ0v) is 59.4. The maximum absolute atomic E-state index is 14.9. The van der Waals surface area contributed by atoms with Crippen molar-refractivity contribution in [2.75, 3.05) is 53.3 Å². The minimum atomic E-state index is -1.11. The van der Waals surface area contributed by atoms with E-state index in [-0.39, 0.29) is 92.8 Å². The molecule has 11 atom stereocenters. The number of rotatable bonds is 39. The van der Waals surface area contributed by atoms with Gasteiger partial charge in [-0.1, -0.05) is 118 Å². The van der Waals surface area contributed by atoms with Gasteiger partial charge < -0.3 is 61.6 Å². The van der Waals surface area contributed by atoms with Crippen LogP contribution in [0.3, 0.4) is 0 Å². The van der Waals surface area contributed by atoms with Crippen LogP contribution in [-0.2, 0) is 70.4 Å². The number of urea groups is 1. The second-order valence-corrected chi connectivity index (χ2v) is 27.2. The number of likely N-dealkylation sites (tertiary alicyclic amines) is 1. The molecule has 8 N–H and O–H groups in total. The van der Waals surface area contributed by atoms with Crippen molar-refractivity contribution in [3.63, 3.8) is 0 Å². The molecule has 97 heavy (non-hydrogen) atoms. The monoisotopic (exact) mass is 1370 g/mol. The molecule has 0 spiro atoms. The Morgan fingerprint density at radius 2 is 1.40 bits per heavy atom. The number of amides is 12. The lowest BCUT2D eigenvalue weighted by Crippen LogP contribution is -2.60. The number of hydrogen-bond acceptors (Lipinski definition) is 16. The lowest BCUT2D eigenvalue weighted by atomic mass is 9.89. The van der Waals surface area contributed by atoms with Crippen molar-refractivity contribution in [3.8, 4) is 0 Å². The standard InChI is InChI=1S/C70H104N12O14S/c1-14-45(8)61(53(94-12)40-57(86)81-37-22-26-52(81)62(95-13)46(9)63(87)76-51(67-72-35-38-97-67)39-47-23-17-15-18-24-47)79(10)68(91)59(43(4)5)78-66(90)60(44(6)7)80(11)70(93)96-41-48-28-30-49(31-29-48)74-64(88)50(25-21-34-73-69(71)92)75-65(89)58(42(2)3)77-54(83)27-19-16-20-36-82-55(84)32-33-56(82)85/h15,17-18,23-24,28-33,35,38,42-46,50-53,58-62H,14,16,19-22,25-27,34,36-37,39-41H2,1-13H3,(H,74,88)(H,75,89)(H,76,87)(H,77,83)(H,78,90)(H3,71,73,92)/t45?,46?,50?,51?,52-,53?,58?,59?,60?,61-,62?/m0/s1. The number of carbonyl (C=O) groups excluding carboxylic acids is 11. The molecule has 1 aromatic heterocycles. The summed E-state index contributed by atoms with van der Waals surface area (Å²) in [6.45, 7) is 17.0. The van der Waals surface area contributed by atoms with E-state index in [1.807, 2.05) is 70.3 Å². The van der Waals surface area contributed by atoms with Crippen LogP contribution in [-0.4, -0.2) is 186 Å². The van der Waals surface area contributed by atoms with Gasteiger partial charge in [-0.25, -0.2) is 14.6 Å². The molecule has 5 rings (SSSR count). The highest BCUT2D eigenvalue weighted by molar-refractivity contribution is 7.09. The van der Waals surface area contributed by atoms with Crippen molar-refractivity contribution in [3.05, 3.63) is 94.5 Å². The Morgan fingerprint density at radius 1 is 0.732 bits per heavy atom. The van der Waals surface area contributed by atoms with Crippen molar-refractivity contribution < 1.29 is 67.0 Å². The Labute approximate surface area is 575 Å². The van der Waals surface area contributed by atoms with E-state index >= 15 is 0 Å². The van der Waals surface area contributed by atoms with Crippen LogP contribution in [0.25, 0.3) is 0 Å². The first-order valence-electron chi connectivity index (χ1n) is 33.7. The molecule has 2 aliphatic heterocycles. The highest BCUT2D eigenvalue weighted by Crippen LogP contribution is 2.31. The van der Waals surface area contributed by atoms with Crippen molar-refractivity contribution in [1.82, 2.24) is 51.2 Å². The van der Waals surface area contributed by atoms with Crippen LogP contribution in [0.15, 0.2) is 78.3 Å². The van der Waals surface area contributed by atoms with Crippen LogP contribution in [0.5, 0.6) is 0 Å². The zero-order valence-electron chi connectivity index (χ0n) is 58.6. The number of nitrogens with zero attached hydrogens (tertiary/aromatic N) is 5. The van der Waals surface area contributed by atoms with Crippen LogP contribution in [0, 0.1) is 29.6 Å². The van der Waals surface area contributed by atoms with Gasteiger partial charge in [-0.15, -0.1) is 11.3 Å². The van der Waals surface area contributed by atoms with Gasteiger partial charge in [0.2, 0.25) is 41.4 Å². The third kappa shape index (κ3) is 23.5. The number of ether oxygens (including phenoxy) is 3. The predicted molar refractivity (Wildman–Crippen MR) is 368 cm³/mol. The summed E-state index contributed by atoms with van der Waals surface area (Å²) in [5.74, 6) is -5.80. The smallest absolute Gasteiger partial charge is 0.410 e. The highest BCUT2D eigenvalue weighted by atomic mass is 32.1. The lowest BCUT2D eigenvalue weighted by Gasteiger charge is -2.41. The molecule has 2 aliphatic rings. The number of likely N-dealkylation sites (N-methyl/N-ethyl adjacent to an activating group) is 2. The molecule has 0 saturated carbocycles. The van der Waals surface area contributed by atoms with Crippen LogP contribution >= 0.6 is 11.3 Å². The van der Waals surface area contributed by atoms with Crippen molar-refractivity contribution in [1.29, 1.82) is 0 Å². The van der Waals surface area contributed by atoms with E-state index in [9.17, 15) is 52.7 Å². The summed E-state index contributed by atoms with van der Waals surface area (Å²) >= 11 is 1.47. The predicted octanol–water partition coefficient (Wildman–Crippen LogP) is 6.40. The molecular weight excluding hydrogens is 1260 g/mol. The minimum Gasteiger partial charge on any atom is -0.445 e. The number of carbonyl (C=O) groups is 11. The fourth-order valence-electron chi connectivity index (χ4n) is 12.4. The number of nitrogens with one attached hydrogen (secondary N) is 6. The van der Waals surface area contributed by atoms with Crippen molar-refractivity contribution in [2.45, 2.75) is 194 Å². The Hall–Kier alpha value is -8.30. The van der Waals surface area contributed by atoms with Crippen molar-refractivity contribution >= 4 is 82.3 Å². The van der Waals surface area contributed by atoms with Crippen LogP contribution in [0.1, 0.15) is 149 Å². The largest absolute Gasteiger partial charge is 0.445 e. The molecular formula is C70H104N12O14S. The molecule has 0 aliphatic carbocycles. The highest BCUT2D eigenvalue weighted by Gasteiger charge is 2.44. The number of benzene rings is 2. The number of nitrogens with two attached hydrogens (primary N) is 1. The minimum absolute atomic E-state index is 0.0756. The average Bonchev–Trinajstić information content (AvgIpc) is 1.80. The summed E-state index contributed by atoms with van der Waals surface area (Å²) in [6, 6.07) is 9.87. The van der Waals surface area contributed by atoms with Gasteiger partial charge in [-0.2, -0.15) is 0 Å². The van der Waals surface area contributed by atoms with Crippen LogP contribution in [0.2, 0.25) is 0 Å². The summed E-state index contributed by atoms with van der Waals surface area (Å²) in [5, 5.41) is 19.6. The number of aromatic nitrogens is 1. The van der Waals surface area contributed by atoms with Gasteiger partial charge in [0, 0.05) is 83.8 Å². The number of hydrogen-bond donors (Lipinski definition) is 7. The molecule has 26 nitrogen and oxygen atoms in total. The van der Waals surface area contributed by atoms with Gasteiger partial charge in [0.1, 0.15) is 35.8 Å². The fraction of sp³-hybridized carbons (Fsp3) is 0.600. The number of unbranched alkanes of at least 4 members (excludes halogenated alkanes) is 2. The van der Waals surface area contributed by atoms with E-state index in [1.54, 1.807) is 82.1 Å². The number of thiazole rings is 1. The second-order valence-electron chi connectivity index (χ2n) is 26.2. The number of primary amides is 1. The summed E-state index contributed by atoms with van der Waals surface area (Å²) in [6.07, 6.45) is 6.28. The quantitative estimate of drug-likeness (QED) is 0.0240. The molecule has 12 amide bonds. The molecule has 0 radical (unpaired) electrons. The SMILES string of the molecule is CCC(C)[C@@H](C(CC(=O)N1CCC[C@H]1C(OC)C(C)C(=O)NC(Cc1ccccc1)c1nccs1)OC)N(C)C(=O)C(NC(=O)C(C(C)C)N(C)C(=O)OCc1ccc(NC(=O)C(CCCNC(N)=O)NC(=O)C(NC(=O)CCCCCN2C(=O)C=CC2=O)C(C)C)cc1)C(C)C. The third-order valence-corrected chi connectivity index (χ3v) is 19.0. The maximum atomic E-state index is 14.9. The van der Waals surface area contributed by atoms with Gasteiger partial charge in [0.15, 0.2) is 0 Å². The number of anilines is 1. The number of imide groups is 1. The summed E-state index contributed by atoms with van der Waals surface area (Å²) in [7, 11) is 6.16. The van der Waals surface area contributed by atoms with E-state index in [2.05, 4.69) is 36.9 Å². The van der Waals surface area contributed by atoms with Gasteiger partial charge in [0.05, 0.1) is 42.7 Å². The van der Waals surface area contributed by atoms with E-state index in [0.29, 0.717) is 62.7 Å². The first-order chi connectivity index (χ1) is 46.1. The summed E-state index contributed by atoms with van der Waals surface area (Å²) < 4.78 is 17.9. The molecule has 2 aromatic carbocycles. The Morgan fingerprint density at radius 3 is 1.99 bits per heavy atom. The molecule has 534 valence electrons. The second kappa shape index (κ2) is 39.2. The normalized spacial score (nSPS) is 16.9. The topological polar surface area (TPSA) is 340 Å². The van der Waals surface area contributed by atoms with Gasteiger partial charge >= 0.3 is 12.1 Å². The molecule has 1 saturated heterocycles. The lowest BCUT2D eigenvalue weighted by molar-refractivity contribution is -0.148. The van der Waals surface area contributed by atoms with E-state index < -0.39 is 102 Å². The summed E-state index contributed by atoms with van der Waals surface area (Å²) in [4.78, 5) is 158. The molecule has 3 aromatic rings. The van der Waals surface area contributed by atoms with E-state index in [4.69, 9.17) is 19.9 Å². The molecule has 9 unspecified atom stereocenters. The first kappa shape index (κ1) is 79.4. The average molecular weight is 1370 g/mol. The van der Waals surface area contributed by atoms with Gasteiger partial charge in [-0.3, -0.25) is 53.0 Å². The van der Waals surface area contributed by atoms with Crippen LogP contribution in [0.4, 0.5) is 15.3 Å². The number of methoxy groups -OCH3 is 2.